The van der Waals surface area contributed by atoms with Gasteiger partial charge in [-0.2, -0.15) is 0 Å². The zero-order chi connectivity index (χ0) is 11.3. The van der Waals surface area contributed by atoms with Gasteiger partial charge in [0.25, 0.3) is 0 Å². The number of halogens is 1. The van der Waals surface area contributed by atoms with Crippen LogP contribution in [0.5, 0.6) is 5.75 Å². The minimum absolute atomic E-state index is 0.185. The van der Waals surface area contributed by atoms with Gasteiger partial charge in [-0.1, -0.05) is 5.92 Å². The van der Waals surface area contributed by atoms with Crippen LogP contribution in [0.2, 0.25) is 0 Å². The molecule has 0 aliphatic carbocycles. The van der Waals surface area contributed by atoms with Gasteiger partial charge in [-0.3, -0.25) is 0 Å². The summed E-state index contributed by atoms with van der Waals surface area (Å²) in [6.45, 7) is 1.90. The van der Waals surface area contributed by atoms with Crippen molar-refractivity contribution in [2.45, 2.75) is 6.92 Å². The molecule has 0 amide bonds. The summed E-state index contributed by atoms with van der Waals surface area (Å²) in [5, 5.41) is 9.24. The minimum atomic E-state index is -0.679. The number of carbonyl (C=O) groups is 1. The molecule has 78 valence electrons. The van der Waals surface area contributed by atoms with E-state index in [1.807, 2.05) is 0 Å². The first-order valence-corrected chi connectivity index (χ1v) is 4.30. The highest BCUT2D eigenvalue weighted by molar-refractivity contribution is 5.89. The van der Waals surface area contributed by atoms with Gasteiger partial charge in [-0.05, 0) is 19.1 Å². The molecule has 1 rings (SSSR count). The molecular formula is C11H9FO3. The molecule has 0 atom stereocenters. The van der Waals surface area contributed by atoms with Crippen LogP contribution in [0.15, 0.2) is 18.2 Å². The molecule has 0 fully saturated rings. The lowest BCUT2D eigenvalue weighted by atomic mass is 10.2. The van der Waals surface area contributed by atoms with Crippen molar-refractivity contribution in [3.8, 4) is 17.6 Å². The highest BCUT2D eigenvalue weighted by Gasteiger charge is 2.00. The van der Waals surface area contributed by atoms with Gasteiger partial charge in [0.1, 0.15) is 11.6 Å². The topological polar surface area (TPSA) is 46.5 Å². The smallest absolute Gasteiger partial charge is 0.384 e. The van der Waals surface area contributed by atoms with E-state index in [1.54, 1.807) is 6.92 Å². The fraction of sp³-hybridized carbons (Fsp3) is 0.182. The first-order valence-electron chi connectivity index (χ1n) is 4.30. The van der Waals surface area contributed by atoms with E-state index in [4.69, 9.17) is 0 Å². The Labute approximate surface area is 86.5 Å². The lowest BCUT2D eigenvalue weighted by Crippen LogP contribution is -1.99. The minimum Gasteiger partial charge on any atom is -0.507 e. The molecular weight excluding hydrogens is 199 g/mol. The van der Waals surface area contributed by atoms with Crippen molar-refractivity contribution in [2.24, 2.45) is 0 Å². The molecule has 0 aliphatic rings. The first kappa shape index (κ1) is 11.1. The van der Waals surface area contributed by atoms with Crippen LogP contribution < -0.4 is 0 Å². The Morgan fingerprint density at radius 3 is 2.93 bits per heavy atom. The Bertz CT molecular complexity index is 429. The van der Waals surface area contributed by atoms with Gasteiger partial charge >= 0.3 is 5.97 Å². The van der Waals surface area contributed by atoms with Gasteiger partial charge in [0, 0.05) is 12.0 Å². The maximum Gasteiger partial charge on any atom is 0.384 e. The van der Waals surface area contributed by atoms with Crippen LogP contribution >= 0.6 is 0 Å². The van der Waals surface area contributed by atoms with Crippen LogP contribution in [-0.4, -0.2) is 17.7 Å². The van der Waals surface area contributed by atoms with E-state index in [-0.39, 0.29) is 17.9 Å². The third-order valence-corrected chi connectivity index (χ3v) is 1.53. The van der Waals surface area contributed by atoms with E-state index in [0.717, 1.165) is 12.1 Å². The molecule has 1 N–H and O–H groups in total. The molecule has 0 unspecified atom stereocenters. The molecule has 3 nitrogen and oxygen atoms in total. The second kappa shape index (κ2) is 5.01. The second-order valence-electron chi connectivity index (χ2n) is 2.63. The number of benzene rings is 1. The molecule has 0 spiro atoms. The Morgan fingerprint density at radius 1 is 1.60 bits per heavy atom. The van der Waals surface area contributed by atoms with Crippen molar-refractivity contribution in [1.29, 1.82) is 0 Å². The number of phenolic OH excluding ortho intramolecular Hbond substituents is 1. The van der Waals surface area contributed by atoms with Crippen LogP contribution in [-0.2, 0) is 9.53 Å². The third kappa shape index (κ3) is 3.31. The summed E-state index contributed by atoms with van der Waals surface area (Å²) in [6, 6.07) is 3.36. The summed E-state index contributed by atoms with van der Waals surface area (Å²) >= 11 is 0. The predicted molar refractivity (Wildman–Crippen MR) is 51.6 cm³/mol. The summed E-state index contributed by atoms with van der Waals surface area (Å²) < 4.78 is 17.1. The summed E-state index contributed by atoms with van der Waals surface area (Å²) in [6.07, 6.45) is 0. The number of hydrogen-bond donors (Lipinski definition) is 1. The van der Waals surface area contributed by atoms with Gasteiger partial charge in [0.15, 0.2) is 0 Å². The SMILES string of the molecule is CCOC(=O)C#Cc1ccc(F)cc1O. The molecule has 0 aromatic heterocycles. The molecule has 0 radical (unpaired) electrons. The zero-order valence-corrected chi connectivity index (χ0v) is 8.08. The maximum absolute atomic E-state index is 12.6. The van der Waals surface area contributed by atoms with Gasteiger partial charge in [0.2, 0.25) is 0 Å². The second-order valence-corrected chi connectivity index (χ2v) is 2.63. The van der Waals surface area contributed by atoms with E-state index in [0.29, 0.717) is 0 Å². The Hall–Kier alpha value is -2.02. The largest absolute Gasteiger partial charge is 0.507 e. The highest BCUT2D eigenvalue weighted by atomic mass is 19.1. The molecule has 4 heteroatoms. The number of aromatic hydroxyl groups is 1. The van der Waals surface area contributed by atoms with Crippen molar-refractivity contribution >= 4 is 5.97 Å². The highest BCUT2D eigenvalue weighted by Crippen LogP contribution is 2.16. The van der Waals surface area contributed by atoms with E-state index in [9.17, 15) is 14.3 Å². The van der Waals surface area contributed by atoms with Gasteiger partial charge in [-0.25, -0.2) is 9.18 Å². The van der Waals surface area contributed by atoms with E-state index in [2.05, 4.69) is 16.6 Å². The van der Waals surface area contributed by atoms with Crippen LogP contribution in [0.25, 0.3) is 0 Å². The maximum atomic E-state index is 12.6. The molecule has 0 heterocycles. The van der Waals surface area contributed by atoms with Crippen molar-refractivity contribution in [3.63, 3.8) is 0 Å². The van der Waals surface area contributed by atoms with Crippen molar-refractivity contribution < 1.29 is 19.0 Å². The monoisotopic (exact) mass is 208 g/mol. The fourth-order valence-corrected chi connectivity index (χ4v) is 0.896. The van der Waals surface area contributed by atoms with E-state index >= 15 is 0 Å². The Morgan fingerprint density at radius 2 is 2.33 bits per heavy atom. The molecule has 15 heavy (non-hydrogen) atoms. The molecule has 0 saturated heterocycles. The van der Waals surface area contributed by atoms with Gasteiger partial charge in [0.05, 0.1) is 12.2 Å². The Balaban J connectivity index is 2.84. The fourth-order valence-electron chi connectivity index (χ4n) is 0.896. The van der Waals surface area contributed by atoms with Crippen LogP contribution in [0.3, 0.4) is 0 Å². The lowest BCUT2D eigenvalue weighted by molar-refractivity contribution is -0.136. The predicted octanol–water partition coefficient (Wildman–Crippen LogP) is 1.45. The number of ether oxygens (including phenoxy) is 1. The normalized spacial score (nSPS) is 8.93. The number of hydrogen-bond acceptors (Lipinski definition) is 3. The van der Waals surface area contributed by atoms with Crippen molar-refractivity contribution in [1.82, 2.24) is 0 Å². The molecule has 0 saturated carbocycles. The standard InChI is InChI=1S/C11H9FO3/c1-2-15-11(14)6-4-8-3-5-9(12)7-10(8)13/h3,5,7,13H,2H2,1H3. The van der Waals surface area contributed by atoms with Crippen LogP contribution in [0.1, 0.15) is 12.5 Å². The average Bonchev–Trinajstić information content (AvgIpc) is 2.17. The summed E-state index contributed by atoms with van der Waals surface area (Å²) in [4.78, 5) is 10.8. The number of rotatable bonds is 1. The zero-order valence-electron chi connectivity index (χ0n) is 8.08. The van der Waals surface area contributed by atoms with E-state index < -0.39 is 11.8 Å². The summed E-state index contributed by atoms with van der Waals surface area (Å²) in [5.41, 5.74) is 0.185. The Kier molecular flexibility index (Phi) is 3.69. The summed E-state index contributed by atoms with van der Waals surface area (Å²) in [5.74, 6) is 3.01. The average molecular weight is 208 g/mol. The number of carbonyl (C=O) groups excluding carboxylic acids is 1. The molecule has 1 aromatic rings. The van der Waals surface area contributed by atoms with Crippen LogP contribution in [0.4, 0.5) is 4.39 Å². The third-order valence-electron chi connectivity index (χ3n) is 1.53. The quantitative estimate of drug-likeness (QED) is 0.561. The summed E-state index contributed by atoms with van der Waals surface area (Å²) in [7, 11) is 0. The molecule has 0 aliphatic heterocycles. The van der Waals surface area contributed by atoms with Crippen molar-refractivity contribution in [3.05, 3.63) is 29.6 Å². The number of phenols is 1. The van der Waals surface area contributed by atoms with E-state index in [1.165, 1.54) is 6.07 Å². The van der Waals surface area contributed by atoms with Gasteiger partial charge in [-0.15, -0.1) is 0 Å². The van der Waals surface area contributed by atoms with Crippen LogP contribution in [0, 0.1) is 17.7 Å². The molecule has 0 bridgehead atoms. The van der Waals surface area contributed by atoms with Crippen molar-refractivity contribution in [2.75, 3.05) is 6.61 Å². The first-order chi connectivity index (χ1) is 7.13. The lowest BCUT2D eigenvalue weighted by Gasteiger charge is -1.95. The van der Waals surface area contributed by atoms with Gasteiger partial charge < -0.3 is 9.84 Å². The number of esters is 1. The molecule has 1 aromatic carbocycles.